The van der Waals surface area contributed by atoms with E-state index < -0.39 is 0 Å². The smallest absolute Gasteiger partial charge is 0.0902 e. The first-order valence-electron chi connectivity index (χ1n) is 9.87. The van der Waals surface area contributed by atoms with Crippen LogP contribution in [0.5, 0.6) is 0 Å². The summed E-state index contributed by atoms with van der Waals surface area (Å²) in [5.41, 5.74) is 3.87. The van der Waals surface area contributed by atoms with Crippen molar-refractivity contribution in [3.63, 3.8) is 0 Å². The Hall–Kier alpha value is -2.36. The molecule has 4 aromatic carbocycles. The van der Waals surface area contributed by atoms with E-state index in [2.05, 4.69) is 94.0 Å². The molecule has 0 unspecified atom stereocenters. The molecule has 4 aromatic rings. The van der Waals surface area contributed by atoms with Gasteiger partial charge in [0.2, 0.25) is 0 Å². The van der Waals surface area contributed by atoms with Gasteiger partial charge in [0.25, 0.3) is 0 Å². The summed E-state index contributed by atoms with van der Waals surface area (Å²) in [5.74, 6) is 0.450. The third-order valence-corrected chi connectivity index (χ3v) is 6.85. The van der Waals surface area contributed by atoms with E-state index >= 15 is 0 Å². The molecule has 138 valence electrons. The summed E-state index contributed by atoms with van der Waals surface area (Å²) in [6.07, 6.45) is 1.23. The van der Waals surface area contributed by atoms with Gasteiger partial charge in [-0.1, -0.05) is 58.4 Å². The van der Waals surface area contributed by atoms with Gasteiger partial charge in [-0.15, -0.1) is 0 Å². The Labute approximate surface area is 172 Å². The lowest BCUT2D eigenvalue weighted by atomic mass is 9.79. The quantitative estimate of drug-likeness (QED) is 0.328. The molecule has 0 bridgehead atoms. The zero-order valence-corrected chi connectivity index (χ0v) is 16.9. The van der Waals surface area contributed by atoms with E-state index in [-0.39, 0.29) is 12.1 Å². The minimum absolute atomic E-state index is 0.148. The fourth-order valence-electron chi connectivity index (χ4n) is 4.99. The highest BCUT2D eigenvalue weighted by Gasteiger charge is 2.42. The van der Waals surface area contributed by atoms with Crippen molar-refractivity contribution in [2.75, 3.05) is 11.9 Å². The summed E-state index contributed by atoms with van der Waals surface area (Å²) < 4.78 is 7.45. The van der Waals surface area contributed by atoms with Gasteiger partial charge in [0, 0.05) is 28.2 Å². The number of benzene rings is 4. The molecule has 0 amide bonds. The number of rotatable bonds is 1. The highest BCUT2D eigenvalue weighted by atomic mass is 79.9. The van der Waals surface area contributed by atoms with Crippen LogP contribution >= 0.6 is 15.9 Å². The lowest BCUT2D eigenvalue weighted by molar-refractivity contribution is 0.0841. The van der Waals surface area contributed by atoms with Crippen LogP contribution in [0.3, 0.4) is 0 Å². The fourth-order valence-corrected chi connectivity index (χ4v) is 5.25. The van der Waals surface area contributed by atoms with E-state index in [1.165, 1.54) is 38.4 Å². The molecule has 0 radical (unpaired) electrons. The Morgan fingerprint density at radius 3 is 2.46 bits per heavy atom. The van der Waals surface area contributed by atoms with Gasteiger partial charge in [0.15, 0.2) is 0 Å². The maximum atomic E-state index is 6.33. The van der Waals surface area contributed by atoms with Crippen molar-refractivity contribution >= 4 is 43.2 Å². The molecule has 1 fully saturated rings. The van der Waals surface area contributed by atoms with Gasteiger partial charge in [0.05, 0.1) is 12.1 Å². The van der Waals surface area contributed by atoms with Crippen LogP contribution in [0.25, 0.3) is 21.5 Å². The summed E-state index contributed by atoms with van der Waals surface area (Å²) in [7, 11) is 0. The van der Waals surface area contributed by atoms with E-state index in [0.29, 0.717) is 5.92 Å². The predicted octanol–water partition coefficient (Wildman–Crippen LogP) is 7.00. The second-order valence-electron chi connectivity index (χ2n) is 7.86. The van der Waals surface area contributed by atoms with Crippen LogP contribution in [0.2, 0.25) is 0 Å². The minimum Gasteiger partial charge on any atom is -0.378 e. The molecule has 2 aliphatic heterocycles. The summed E-state index contributed by atoms with van der Waals surface area (Å²) in [4.78, 5) is 0. The average Bonchev–Trinajstić information content (AvgIpc) is 3.22. The van der Waals surface area contributed by atoms with Crippen molar-refractivity contribution in [1.82, 2.24) is 0 Å². The number of fused-ring (bicyclic) bond motifs is 6. The third kappa shape index (κ3) is 2.50. The van der Waals surface area contributed by atoms with E-state index in [1.54, 1.807) is 0 Å². The first-order valence-corrected chi connectivity index (χ1v) is 10.7. The number of anilines is 1. The second kappa shape index (κ2) is 6.33. The molecule has 0 aromatic heterocycles. The molecule has 0 spiro atoms. The molecular formula is C25H20BrNO. The number of nitrogens with one attached hydrogen (secondary N) is 1. The maximum absolute atomic E-state index is 6.33. The van der Waals surface area contributed by atoms with Crippen LogP contribution < -0.4 is 5.32 Å². The Balaban J connectivity index is 1.55. The van der Waals surface area contributed by atoms with Gasteiger partial charge in [-0.2, -0.15) is 0 Å². The number of hydrogen-bond acceptors (Lipinski definition) is 2. The number of halogens is 1. The SMILES string of the molecule is Brc1ccc([C@@H]2Nc3ccc4cc5ccccc5cc4c3[C@H]3OCC[C@H]32)cc1. The lowest BCUT2D eigenvalue weighted by Crippen LogP contribution is -2.29. The monoisotopic (exact) mass is 429 g/mol. The van der Waals surface area contributed by atoms with Crippen molar-refractivity contribution in [3.8, 4) is 0 Å². The summed E-state index contributed by atoms with van der Waals surface area (Å²) >= 11 is 3.55. The van der Waals surface area contributed by atoms with Crippen molar-refractivity contribution < 1.29 is 4.74 Å². The Kier molecular flexibility index (Phi) is 3.75. The topological polar surface area (TPSA) is 21.3 Å². The molecule has 6 rings (SSSR count). The summed E-state index contributed by atoms with van der Waals surface area (Å²) in [5, 5.41) is 9.02. The zero-order valence-electron chi connectivity index (χ0n) is 15.4. The average molecular weight is 430 g/mol. The van der Waals surface area contributed by atoms with Crippen LogP contribution in [0.1, 0.15) is 29.7 Å². The molecular weight excluding hydrogens is 410 g/mol. The van der Waals surface area contributed by atoms with Crippen LogP contribution in [-0.4, -0.2) is 6.61 Å². The van der Waals surface area contributed by atoms with Crippen LogP contribution in [0, 0.1) is 5.92 Å². The molecule has 1 N–H and O–H groups in total. The molecule has 2 heterocycles. The van der Waals surface area contributed by atoms with Gasteiger partial charge >= 0.3 is 0 Å². The number of hydrogen-bond donors (Lipinski definition) is 1. The van der Waals surface area contributed by atoms with Crippen LogP contribution in [-0.2, 0) is 4.74 Å². The second-order valence-corrected chi connectivity index (χ2v) is 8.78. The van der Waals surface area contributed by atoms with Crippen molar-refractivity contribution in [1.29, 1.82) is 0 Å². The van der Waals surface area contributed by atoms with Gasteiger partial charge in [-0.3, -0.25) is 0 Å². The lowest BCUT2D eigenvalue weighted by Gasteiger charge is -2.37. The minimum atomic E-state index is 0.148. The molecule has 3 heteroatoms. The van der Waals surface area contributed by atoms with Crippen molar-refractivity contribution in [2.45, 2.75) is 18.6 Å². The largest absolute Gasteiger partial charge is 0.378 e. The fraction of sp³-hybridized carbons (Fsp3) is 0.200. The predicted molar refractivity (Wildman–Crippen MR) is 119 cm³/mol. The van der Waals surface area contributed by atoms with Crippen LogP contribution in [0.15, 0.2) is 77.3 Å². The molecule has 2 aliphatic rings. The standard InChI is InChI=1S/C25H20BrNO/c26-19-8-5-15(6-9-19)24-20-11-12-28-25(20)23-21-14-17-4-2-1-3-16(17)13-18(21)7-10-22(23)27-24/h1-10,13-14,20,24-25,27H,11-12H2/t20-,24-,25-/m0/s1. The molecule has 0 saturated carbocycles. The third-order valence-electron chi connectivity index (χ3n) is 6.32. The zero-order chi connectivity index (χ0) is 18.7. The Bertz CT molecular complexity index is 1200. The highest BCUT2D eigenvalue weighted by molar-refractivity contribution is 9.10. The van der Waals surface area contributed by atoms with E-state index in [0.717, 1.165) is 17.5 Å². The first-order chi connectivity index (χ1) is 13.8. The van der Waals surface area contributed by atoms with E-state index in [4.69, 9.17) is 4.74 Å². The van der Waals surface area contributed by atoms with E-state index in [9.17, 15) is 0 Å². The normalized spacial score (nSPS) is 23.4. The van der Waals surface area contributed by atoms with Crippen molar-refractivity contribution in [3.05, 3.63) is 88.4 Å². The summed E-state index contributed by atoms with van der Waals surface area (Å²) in [6.45, 7) is 0.827. The molecule has 28 heavy (non-hydrogen) atoms. The van der Waals surface area contributed by atoms with Gasteiger partial charge in [0.1, 0.15) is 0 Å². The maximum Gasteiger partial charge on any atom is 0.0902 e. The molecule has 0 aliphatic carbocycles. The number of ether oxygens (including phenoxy) is 1. The van der Waals surface area contributed by atoms with Crippen molar-refractivity contribution in [2.24, 2.45) is 5.92 Å². The van der Waals surface area contributed by atoms with Gasteiger partial charge in [-0.25, -0.2) is 0 Å². The first kappa shape index (κ1) is 16.6. The Morgan fingerprint density at radius 1 is 0.857 bits per heavy atom. The van der Waals surface area contributed by atoms with Crippen LogP contribution in [0.4, 0.5) is 5.69 Å². The Morgan fingerprint density at radius 2 is 1.64 bits per heavy atom. The highest BCUT2D eigenvalue weighted by Crippen LogP contribution is 2.52. The van der Waals surface area contributed by atoms with E-state index in [1.807, 2.05) is 0 Å². The summed E-state index contributed by atoms with van der Waals surface area (Å²) in [6, 6.07) is 26.7. The molecule has 2 nitrogen and oxygen atoms in total. The van der Waals surface area contributed by atoms with Gasteiger partial charge in [-0.05, 0) is 63.9 Å². The van der Waals surface area contributed by atoms with Gasteiger partial charge < -0.3 is 10.1 Å². The molecule has 3 atom stereocenters. The molecule has 1 saturated heterocycles.